The largest absolute Gasteiger partial charge is 0.491 e. The van der Waals surface area contributed by atoms with Crippen LogP contribution in [0.3, 0.4) is 0 Å². The predicted octanol–water partition coefficient (Wildman–Crippen LogP) is 2.24. The van der Waals surface area contributed by atoms with Gasteiger partial charge in [-0.2, -0.15) is 0 Å². The number of rotatable bonds is 6. The van der Waals surface area contributed by atoms with Crippen molar-refractivity contribution in [2.45, 2.75) is 26.3 Å². The number of benzene rings is 1. The van der Waals surface area contributed by atoms with Crippen LogP contribution < -0.4 is 10.5 Å². The van der Waals surface area contributed by atoms with Crippen molar-refractivity contribution in [3.8, 4) is 5.75 Å². The minimum absolute atomic E-state index is 0.00659. The summed E-state index contributed by atoms with van der Waals surface area (Å²) in [5.74, 6) is 1.10. The zero-order valence-electron chi connectivity index (χ0n) is 10.3. The van der Waals surface area contributed by atoms with Crippen LogP contribution >= 0.6 is 11.6 Å². The maximum Gasteiger partial charge on any atom is 0.121 e. The van der Waals surface area contributed by atoms with Crippen molar-refractivity contribution in [2.75, 3.05) is 13.2 Å². The van der Waals surface area contributed by atoms with Gasteiger partial charge in [-0.1, -0.05) is 25.4 Å². The fourth-order valence-electron chi connectivity index (χ4n) is 1.49. The van der Waals surface area contributed by atoms with Gasteiger partial charge in [0.05, 0.1) is 6.61 Å². The fourth-order valence-corrected chi connectivity index (χ4v) is 1.74. The van der Waals surface area contributed by atoms with Crippen molar-refractivity contribution in [2.24, 2.45) is 11.7 Å². The van der Waals surface area contributed by atoms with E-state index in [1.807, 2.05) is 12.1 Å². The minimum Gasteiger partial charge on any atom is -0.491 e. The molecule has 1 rings (SSSR count). The smallest absolute Gasteiger partial charge is 0.121 e. The van der Waals surface area contributed by atoms with E-state index in [1.54, 1.807) is 6.07 Å². The van der Waals surface area contributed by atoms with Gasteiger partial charge in [-0.3, -0.25) is 0 Å². The second kappa shape index (κ2) is 6.84. The van der Waals surface area contributed by atoms with Crippen LogP contribution in [0, 0.1) is 5.92 Å². The van der Waals surface area contributed by atoms with E-state index in [0.29, 0.717) is 16.7 Å². The number of aliphatic hydroxyl groups is 1. The Hall–Kier alpha value is -0.770. The maximum absolute atomic E-state index is 8.71. The van der Waals surface area contributed by atoms with Crippen molar-refractivity contribution in [1.29, 1.82) is 0 Å². The predicted molar refractivity (Wildman–Crippen MR) is 70.6 cm³/mol. The molecule has 0 saturated carbocycles. The monoisotopic (exact) mass is 257 g/mol. The highest BCUT2D eigenvalue weighted by atomic mass is 35.5. The molecule has 0 aliphatic rings. The molecular weight excluding hydrogens is 238 g/mol. The zero-order chi connectivity index (χ0) is 12.8. The van der Waals surface area contributed by atoms with Gasteiger partial charge in [-0.15, -0.1) is 0 Å². The highest BCUT2D eigenvalue weighted by Gasteiger charge is 2.10. The summed E-state index contributed by atoms with van der Waals surface area (Å²) in [5.41, 5.74) is 7.09. The average Bonchev–Trinajstić information content (AvgIpc) is 2.25. The van der Waals surface area contributed by atoms with Crippen LogP contribution in [0.2, 0.25) is 5.02 Å². The summed E-state index contributed by atoms with van der Waals surface area (Å²) in [6.07, 6.45) is 0.772. The minimum atomic E-state index is -0.00659. The van der Waals surface area contributed by atoms with E-state index in [0.717, 1.165) is 12.0 Å². The molecule has 1 atom stereocenters. The summed E-state index contributed by atoms with van der Waals surface area (Å²) in [6.45, 7) is 4.46. The molecule has 1 unspecified atom stereocenters. The molecule has 0 amide bonds. The first-order chi connectivity index (χ1) is 8.02. The summed E-state index contributed by atoms with van der Waals surface area (Å²) >= 11 is 6.01. The number of aliphatic hydroxyl groups excluding tert-OH is 1. The molecular formula is C13H20ClNO2. The molecule has 0 aliphatic heterocycles. The van der Waals surface area contributed by atoms with Crippen LogP contribution in [0.25, 0.3) is 0 Å². The number of hydrogen-bond donors (Lipinski definition) is 2. The normalized spacial score (nSPS) is 12.8. The molecule has 0 spiro atoms. The molecule has 0 aliphatic carbocycles. The van der Waals surface area contributed by atoms with Gasteiger partial charge >= 0.3 is 0 Å². The van der Waals surface area contributed by atoms with Crippen LogP contribution in [-0.4, -0.2) is 24.4 Å². The molecule has 0 fully saturated rings. The number of halogens is 1. The lowest BCUT2D eigenvalue weighted by molar-refractivity contribution is 0.201. The van der Waals surface area contributed by atoms with Gasteiger partial charge in [-0.05, 0) is 36.1 Å². The highest BCUT2D eigenvalue weighted by molar-refractivity contribution is 6.30. The van der Waals surface area contributed by atoms with Crippen molar-refractivity contribution >= 4 is 11.6 Å². The first kappa shape index (κ1) is 14.3. The van der Waals surface area contributed by atoms with Crippen molar-refractivity contribution in [3.05, 3.63) is 28.8 Å². The molecule has 3 N–H and O–H groups in total. The van der Waals surface area contributed by atoms with E-state index in [9.17, 15) is 0 Å². The highest BCUT2D eigenvalue weighted by Crippen LogP contribution is 2.22. The van der Waals surface area contributed by atoms with Crippen molar-refractivity contribution < 1.29 is 9.84 Å². The first-order valence-electron chi connectivity index (χ1n) is 5.81. The van der Waals surface area contributed by atoms with Gasteiger partial charge in [0.25, 0.3) is 0 Å². The number of ether oxygens (including phenoxy) is 1. The average molecular weight is 258 g/mol. The van der Waals surface area contributed by atoms with E-state index >= 15 is 0 Å². The molecule has 0 heterocycles. The third kappa shape index (κ3) is 4.94. The molecule has 1 aromatic rings. The maximum atomic E-state index is 8.71. The third-order valence-electron chi connectivity index (χ3n) is 2.62. The molecule has 3 nitrogen and oxygen atoms in total. The summed E-state index contributed by atoms with van der Waals surface area (Å²) in [5, 5.41) is 9.34. The van der Waals surface area contributed by atoms with E-state index < -0.39 is 0 Å². The lowest BCUT2D eigenvalue weighted by atomic mass is 9.97. The van der Waals surface area contributed by atoms with Crippen LogP contribution in [0.4, 0.5) is 0 Å². The van der Waals surface area contributed by atoms with Gasteiger partial charge in [-0.25, -0.2) is 0 Å². The Morgan fingerprint density at radius 1 is 1.35 bits per heavy atom. The number of nitrogens with two attached hydrogens (primary N) is 1. The van der Waals surface area contributed by atoms with Crippen LogP contribution in [0.5, 0.6) is 5.75 Å². The molecule has 4 heteroatoms. The number of hydrogen-bond acceptors (Lipinski definition) is 3. The van der Waals surface area contributed by atoms with Crippen molar-refractivity contribution in [3.63, 3.8) is 0 Å². The Bertz CT molecular complexity index is 355. The molecule has 17 heavy (non-hydrogen) atoms. The Balaban J connectivity index is 2.74. The molecule has 96 valence electrons. The van der Waals surface area contributed by atoms with E-state index in [-0.39, 0.29) is 19.3 Å². The summed E-state index contributed by atoms with van der Waals surface area (Å²) in [7, 11) is 0. The summed E-state index contributed by atoms with van der Waals surface area (Å²) < 4.78 is 5.34. The quantitative estimate of drug-likeness (QED) is 0.822. The Morgan fingerprint density at radius 2 is 2.06 bits per heavy atom. The lowest BCUT2D eigenvalue weighted by Crippen LogP contribution is -2.28. The van der Waals surface area contributed by atoms with Crippen LogP contribution in [0.1, 0.15) is 19.4 Å². The summed E-state index contributed by atoms with van der Waals surface area (Å²) in [6, 6.07) is 5.67. The van der Waals surface area contributed by atoms with Crippen molar-refractivity contribution in [1.82, 2.24) is 0 Å². The van der Waals surface area contributed by atoms with Crippen LogP contribution in [0.15, 0.2) is 18.2 Å². The fraction of sp³-hybridized carbons (Fsp3) is 0.538. The van der Waals surface area contributed by atoms with E-state index in [1.165, 1.54) is 0 Å². The molecule has 1 aromatic carbocycles. The Labute approximate surface area is 108 Å². The van der Waals surface area contributed by atoms with Gasteiger partial charge < -0.3 is 15.6 Å². The molecule has 0 bridgehead atoms. The van der Waals surface area contributed by atoms with Gasteiger partial charge in [0.15, 0.2) is 0 Å². The molecule has 0 aromatic heterocycles. The summed E-state index contributed by atoms with van der Waals surface area (Å²) in [4.78, 5) is 0. The second-order valence-electron chi connectivity index (χ2n) is 4.48. The van der Waals surface area contributed by atoms with Gasteiger partial charge in [0.1, 0.15) is 12.4 Å². The Morgan fingerprint density at radius 3 is 2.65 bits per heavy atom. The third-order valence-corrected chi connectivity index (χ3v) is 2.84. The van der Waals surface area contributed by atoms with Gasteiger partial charge in [0.2, 0.25) is 0 Å². The van der Waals surface area contributed by atoms with E-state index in [4.69, 9.17) is 27.2 Å². The SMILES string of the molecule is CC(C)C(N)Cc1cc(Cl)cc(OCCO)c1. The first-order valence-corrected chi connectivity index (χ1v) is 6.19. The van der Waals surface area contributed by atoms with Gasteiger partial charge in [0, 0.05) is 11.1 Å². The zero-order valence-corrected chi connectivity index (χ0v) is 11.1. The molecule has 0 radical (unpaired) electrons. The van der Waals surface area contributed by atoms with E-state index in [2.05, 4.69) is 13.8 Å². The molecule has 0 saturated heterocycles. The lowest BCUT2D eigenvalue weighted by Gasteiger charge is -2.16. The Kier molecular flexibility index (Phi) is 5.75. The topological polar surface area (TPSA) is 55.5 Å². The second-order valence-corrected chi connectivity index (χ2v) is 4.92. The van der Waals surface area contributed by atoms with Crippen LogP contribution in [-0.2, 0) is 6.42 Å². The standard InChI is InChI=1S/C13H20ClNO2/c1-9(2)13(15)7-10-5-11(14)8-12(6-10)17-4-3-16/h5-6,8-9,13,16H,3-4,7,15H2,1-2H3.